The third kappa shape index (κ3) is 2.42. The number of carbonyl (C=O) groups excluding carboxylic acids is 1. The van der Waals surface area contributed by atoms with Gasteiger partial charge in [0.2, 0.25) is 0 Å². The molecule has 1 aromatic carbocycles. The van der Waals surface area contributed by atoms with Crippen molar-refractivity contribution in [1.29, 1.82) is 0 Å². The van der Waals surface area contributed by atoms with Crippen LogP contribution in [0.25, 0.3) is 0 Å². The summed E-state index contributed by atoms with van der Waals surface area (Å²) in [5.74, 6) is 1.35. The van der Waals surface area contributed by atoms with Gasteiger partial charge in [0, 0.05) is 11.3 Å². The summed E-state index contributed by atoms with van der Waals surface area (Å²) in [7, 11) is 0. The lowest BCUT2D eigenvalue weighted by atomic mass is 9.99. The average Bonchev–Trinajstić information content (AvgIpc) is 3.01. The summed E-state index contributed by atoms with van der Waals surface area (Å²) in [6.45, 7) is 4.07. The predicted molar refractivity (Wildman–Crippen MR) is 76.3 cm³/mol. The lowest BCUT2D eigenvalue weighted by molar-refractivity contribution is 0.0954. The Morgan fingerprint density at radius 1 is 1.26 bits per heavy atom. The molecule has 2 saturated carbocycles. The Bertz CT molecular complexity index is 548. The van der Waals surface area contributed by atoms with Gasteiger partial charge in [0.05, 0.1) is 0 Å². The molecule has 0 saturated heterocycles. The number of hydrogen-bond acceptors (Lipinski definition) is 2. The van der Waals surface area contributed by atoms with Gasteiger partial charge in [0.1, 0.15) is 0 Å². The molecule has 1 N–H and O–H groups in total. The van der Waals surface area contributed by atoms with Gasteiger partial charge >= 0.3 is 0 Å². The van der Waals surface area contributed by atoms with Gasteiger partial charge in [0.15, 0.2) is 0 Å². The van der Waals surface area contributed by atoms with Crippen molar-refractivity contribution < 1.29 is 4.79 Å². The van der Waals surface area contributed by atoms with E-state index in [1.54, 1.807) is 0 Å². The van der Waals surface area contributed by atoms with E-state index in [9.17, 15) is 4.79 Å². The third-order valence-corrected chi connectivity index (χ3v) is 4.58. The molecule has 3 heteroatoms. The van der Waals surface area contributed by atoms with Gasteiger partial charge in [-0.2, -0.15) is 5.10 Å². The zero-order valence-electron chi connectivity index (χ0n) is 11.6. The van der Waals surface area contributed by atoms with Crippen LogP contribution in [0.4, 0.5) is 0 Å². The molecule has 0 spiro atoms. The standard InChI is InChI=1S/C16H20N2O/c1-10-3-5-14(7-11(10)2)16(19)18-17-15-9-12-4-6-13(15)8-12/h3,5,7,12-13H,4,6,8-9H2,1-2H3,(H,18,19)/b17-15-/t12-,13-/m1/s1. The van der Waals surface area contributed by atoms with Gasteiger partial charge in [-0.25, -0.2) is 5.43 Å². The maximum atomic E-state index is 12.1. The van der Waals surface area contributed by atoms with Crippen molar-refractivity contribution in [3.05, 3.63) is 34.9 Å². The van der Waals surface area contributed by atoms with Gasteiger partial charge in [0.25, 0.3) is 5.91 Å². The highest BCUT2D eigenvalue weighted by Crippen LogP contribution is 2.42. The maximum Gasteiger partial charge on any atom is 0.271 e. The van der Waals surface area contributed by atoms with Crippen LogP contribution in [0.5, 0.6) is 0 Å². The minimum atomic E-state index is -0.0987. The molecule has 2 atom stereocenters. The van der Waals surface area contributed by atoms with Crippen LogP contribution in [-0.4, -0.2) is 11.6 Å². The number of nitrogens with zero attached hydrogens (tertiary/aromatic N) is 1. The van der Waals surface area contributed by atoms with Crippen LogP contribution in [0.1, 0.15) is 47.2 Å². The Morgan fingerprint density at radius 3 is 2.74 bits per heavy atom. The van der Waals surface area contributed by atoms with Crippen LogP contribution in [-0.2, 0) is 0 Å². The zero-order valence-corrected chi connectivity index (χ0v) is 11.6. The second kappa shape index (κ2) is 4.80. The van der Waals surface area contributed by atoms with Gasteiger partial charge in [-0.05, 0) is 74.6 Å². The summed E-state index contributed by atoms with van der Waals surface area (Å²) < 4.78 is 0. The molecule has 2 bridgehead atoms. The molecule has 3 nitrogen and oxygen atoms in total. The van der Waals surface area contributed by atoms with E-state index in [1.165, 1.54) is 30.5 Å². The van der Waals surface area contributed by atoms with Crippen molar-refractivity contribution >= 4 is 11.6 Å². The Hall–Kier alpha value is -1.64. The molecule has 1 amide bonds. The first kappa shape index (κ1) is 12.4. The molecule has 1 aromatic rings. The number of hydrazone groups is 1. The number of carbonyl (C=O) groups is 1. The van der Waals surface area contributed by atoms with E-state index in [0.29, 0.717) is 11.5 Å². The SMILES string of the molecule is Cc1ccc(C(=O)N/N=C2/C[C@@H]3CC[C@@H]2C3)cc1C. The first-order valence-electron chi connectivity index (χ1n) is 7.07. The number of amides is 1. The molecule has 100 valence electrons. The minimum absolute atomic E-state index is 0.0987. The Morgan fingerprint density at radius 2 is 2.11 bits per heavy atom. The number of nitrogens with one attached hydrogen (secondary N) is 1. The Kier molecular flexibility index (Phi) is 3.13. The molecule has 2 fully saturated rings. The summed E-state index contributed by atoms with van der Waals surface area (Å²) in [6.07, 6.45) is 4.95. The molecule has 0 aliphatic heterocycles. The monoisotopic (exact) mass is 256 g/mol. The summed E-state index contributed by atoms with van der Waals surface area (Å²) in [5.41, 5.74) is 6.96. The Balaban J connectivity index is 1.68. The Labute approximate surface area is 114 Å². The molecule has 0 heterocycles. The fourth-order valence-electron chi connectivity index (χ4n) is 3.23. The molecule has 0 radical (unpaired) electrons. The van der Waals surface area contributed by atoms with Crippen LogP contribution >= 0.6 is 0 Å². The number of rotatable bonds is 2. The van der Waals surface area contributed by atoms with E-state index in [-0.39, 0.29) is 5.91 Å². The van der Waals surface area contributed by atoms with Gasteiger partial charge in [-0.3, -0.25) is 4.79 Å². The molecule has 0 unspecified atom stereocenters. The predicted octanol–water partition coefficient (Wildman–Crippen LogP) is 3.21. The summed E-state index contributed by atoms with van der Waals surface area (Å²) in [6, 6.07) is 5.76. The molecule has 0 aromatic heterocycles. The van der Waals surface area contributed by atoms with Crippen molar-refractivity contribution in [3.63, 3.8) is 0 Å². The first-order chi connectivity index (χ1) is 9.13. The van der Waals surface area contributed by atoms with E-state index < -0.39 is 0 Å². The van der Waals surface area contributed by atoms with E-state index in [2.05, 4.69) is 10.5 Å². The van der Waals surface area contributed by atoms with Crippen molar-refractivity contribution in [2.75, 3.05) is 0 Å². The first-order valence-corrected chi connectivity index (χ1v) is 7.07. The van der Waals surface area contributed by atoms with Crippen LogP contribution < -0.4 is 5.43 Å². The lowest BCUT2D eigenvalue weighted by Crippen LogP contribution is -2.22. The zero-order chi connectivity index (χ0) is 13.4. The second-order valence-corrected chi connectivity index (χ2v) is 5.92. The van der Waals surface area contributed by atoms with E-state index in [0.717, 1.165) is 17.9 Å². The second-order valence-electron chi connectivity index (χ2n) is 5.92. The topological polar surface area (TPSA) is 41.5 Å². The van der Waals surface area contributed by atoms with Crippen LogP contribution in [0.2, 0.25) is 0 Å². The van der Waals surface area contributed by atoms with Crippen molar-refractivity contribution in [1.82, 2.24) is 5.43 Å². The van der Waals surface area contributed by atoms with Gasteiger partial charge < -0.3 is 0 Å². The molecule has 2 aliphatic rings. The van der Waals surface area contributed by atoms with E-state index in [4.69, 9.17) is 0 Å². The summed E-state index contributed by atoms with van der Waals surface area (Å²) in [4.78, 5) is 12.1. The normalized spacial score (nSPS) is 26.9. The highest BCUT2D eigenvalue weighted by atomic mass is 16.2. The molecule has 19 heavy (non-hydrogen) atoms. The fourth-order valence-corrected chi connectivity index (χ4v) is 3.23. The third-order valence-electron chi connectivity index (χ3n) is 4.58. The molecular formula is C16H20N2O. The minimum Gasteiger partial charge on any atom is -0.267 e. The quantitative estimate of drug-likeness (QED) is 0.811. The largest absolute Gasteiger partial charge is 0.271 e. The summed E-state index contributed by atoms with van der Waals surface area (Å²) in [5, 5.41) is 4.35. The fraction of sp³-hybridized carbons (Fsp3) is 0.500. The summed E-state index contributed by atoms with van der Waals surface area (Å²) >= 11 is 0. The van der Waals surface area contributed by atoms with Gasteiger partial charge in [-0.15, -0.1) is 0 Å². The van der Waals surface area contributed by atoms with Crippen molar-refractivity contribution in [3.8, 4) is 0 Å². The van der Waals surface area contributed by atoms with Crippen LogP contribution in [0, 0.1) is 25.7 Å². The van der Waals surface area contributed by atoms with Gasteiger partial charge in [-0.1, -0.05) is 6.07 Å². The number of hydrogen-bond donors (Lipinski definition) is 1. The lowest BCUT2D eigenvalue weighted by Gasteiger charge is -2.11. The van der Waals surface area contributed by atoms with Crippen molar-refractivity contribution in [2.45, 2.75) is 39.5 Å². The molecule has 3 rings (SSSR count). The van der Waals surface area contributed by atoms with E-state index in [1.807, 2.05) is 32.0 Å². The van der Waals surface area contributed by atoms with Crippen molar-refractivity contribution in [2.24, 2.45) is 16.9 Å². The number of fused-ring (bicyclic) bond motifs is 2. The van der Waals surface area contributed by atoms with Crippen LogP contribution in [0.15, 0.2) is 23.3 Å². The maximum absolute atomic E-state index is 12.1. The highest BCUT2D eigenvalue weighted by Gasteiger charge is 2.36. The van der Waals surface area contributed by atoms with Crippen LogP contribution in [0.3, 0.4) is 0 Å². The van der Waals surface area contributed by atoms with E-state index >= 15 is 0 Å². The smallest absolute Gasteiger partial charge is 0.267 e. The molecule has 2 aliphatic carbocycles. The highest BCUT2D eigenvalue weighted by molar-refractivity contribution is 5.96. The molecular weight excluding hydrogens is 236 g/mol. The number of aryl methyl sites for hydroxylation is 2. The average molecular weight is 256 g/mol. The number of benzene rings is 1.